The Kier molecular flexibility index (Phi) is 3.10. The first-order valence-electron chi connectivity index (χ1n) is 5.55. The van der Waals surface area contributed by atoms with Gasteiger partial charge < -0.3 is 10.6 Å². The minimum absolute atomic E-state index is 0.190. The third-order valence-corrected chi connectivity index (χ3v) is 3.14. The molecule has 16 heavy (non-hydrogen) atoms. The zero-order chi connectivity index (χ0) is 11.7. The first-order valence-corrected chi connectivity index (χ1v) is 5.55. The lowest BCUT2D eigenvalue weighted by atomic mass is 9.98. The second-order valence-corrected chi connectivity index (χ2v) is 4.42. The van der Waals surface area contributed by atoms with Gasteiger partial charge in [-0.15, -0.1) is 0 Å². The maximum absolute atomic E-state index is 13.6. The number of piperidine rings is 1. The van der Waals surface area contributed by atoms with Gasteiger partial charge in [0.2, 0.25) is 0 Å². The Morgan fingerprint density at radius 3 is 2.75 bits per heavy atom. The van der Waals surface area contributed by atoms with Crippen LogP contribution in [-0.4, -0.2) is 18.6 Å². The average molecular weight is 226 g/mol. The van der Waals surface area contributed by atoms with E-state index in [1.165, 1.54) is 12.1 Å². The second-order valence-electron chi connectivity index (χ2n) is 4.42. The molecule has 0 bridgehead atoms. The summed E-state index contributed by atoms with van der Waals surface area (Å²) in [6.07, 6.45) is 1.69. The van der Waals surface area contributed by atoms with Gasteiger partial charge in [-0.3, -0.25) is 0 Å². The highest BCUT2D eigenvalue weighted by Gasteiger charge is 2.25. The molecule has 0 aromatic heterocycles. The van der Waals surface area contributed by atoms with Crippen LogP contribution in [-0.2, 0) is 0 Å². The zero-order valence-corrected chi connectivity index (χ0v) is 9.29. The van der Waals surface area contributed by atoms with Crippen LogP contribution in [0, 0.1) is 11.6 Å². The second kappa shape index (κ2) is 4.37. The fraction of sp³-hybridized carbons (Fsp3) is 0.500. The lowest BCUT2D eigenvalue weighted by molar-refractivity contribution is 0.424. The van der Waals surface area contributed by atoms with Gasteiger partial charge in [-0.2, -0.15) is 0 Å². The minimum Gasteiger partial charge on any atom is -0.366 e. The van der Waals surface area contributed by atoms with Crippen molar-refractivity contribution in [2.24, 2.45) is 5.73 Å². The van der Waals surface area contributed by atoms with Gasteiger partial charge in [0.05, 0.1) is 5.69 Å². The Morgan fingerprint density at radius 1 is 1.38 bits per heavy atom. The van der Waals surface area contributed by atoms with Crippen LogP contribution < -0.4 is 10.6 Å². The summed E-state index contributed by atoms with van der Waals surface area (Å²) in [7, 11) is 0. The number of hydrogen-bond acceptors (Lipinski definition) is 2. The summed E-state index contributed by atoms with van der Waals surface area (Å²) in [5.74, 6) is -1.04. The van der Waals surface area contributed by atoms with Crippen molar-refractivity contribution in [2.45, 2.75) is 31.8 Å². The van der Waals surface area contributed by atoms with Crippen molar-refractivity contribution in [3.05, 3.63) is 29.8 Å². The van der Waals surface area contributed by atoms with Crippen LogP contribution in [0.1, 0.15) is 19.8 Å². The van der Waals surface area contributed by atoms with E-state index >= 15 is 0 Å². The Bertz CT molecular complexity index is 381. The number of rotatable bonds is 1. The molecule has 1 aliphatic rings. The van der Waals surface area contributed by atoms with E-state index in [4.69, 9.17) is 5.73 Å². The lowest BCUT2D eigenvalue weighted by Crippen LogP contribution is -2.46. The highest BCUT2D eigenvalue weighted by atomic mass is 19.1. The molecule has 2 nitrogen and oxygen atoms in total. The molecule has 2 unspecified atom stereocenters. The largest absolute Gasteiger partial charge is 0.366 e. The predicted octanol–water partition coefficient (Wildman–Crippen LogP) is 2.28. The average Bonchev–Trinajstić information content (AvgIpc) is 2.19. The molecule has 0 saturated carbocycles. The molecule has 1 fully saturated rings. The van der Waals surface area contributed by atoms with Crippen LogP contribution in [0.4, 0.5) is 14.5 Å². The molecule has 2 atom stereocenters. The molecule has 4 heteroatoms. The lowest BCUT2D eigenvalue weighted by Gasteiger charge is -2.38. The van der Waals surface area contributed by atoms with Crippen LogP contribution in [0.25, 0.3) is 0 Å². The molecular formula is C12H16F2N2. The Labute approximate surface area is 94.0 Å². The van der Waals surface area contributed by atoms with E-state index in [1.807, 2.05) is 11.8 Å². The highest BCUT2D eigenvalue weighted by molar-refractivity contribution is 5.49. The molecule has 1 aromatic rings. The van der Waals surface area contributed by atoms with E-state index in [-0.39, 0.29) is 12.1 Å². The molecule has 88 valence electrons. The van der Waals surface area contributed by atoms with Crippen molar-refractivity contribution in [1.82, 2.24) is 0 Å². The number of benzene rings is 1. The Morgan fingerprint density at radius 2 is 2.12 bits per heavy atom. The maximum atomic E-state index is 13.6. The third kappa shape index (κ3) is 2.16. The molecule has 2 N–H and O–H groups in total. The minimum atomic E-state index is -0.539. The van der Waals surface area contributed by atoms with E-state index < -0.39 is 11.6 Å². The summed E-state index contributed by atoms with van der Waals surface area (Å²) in [6, 6.07) is 4.10. The van der Waals surface area contributed by atoms with Crippen LogP contribution in [0.5, 0.6) is 0 Å². The fourth-order valence-corrected chi connectivity index (χ4v) is 2.28. The predicted molar refractivity (Wildman–Crippen MR) is 60.4 cm³/mol. The third-order valence-electron chi connectivity index (χ3n) is 3.14. The smallest absolute Gasteiger partial charge is 0.149 e. The summed E-state index contributed by atoms with van der Waals surface area (Å²) < 4.78 is 26.4. The highest BCUT2D eigenvalue weighted by Crippen LogP contribution is 2.27. The monoisotopic (exact) mass is 226 g/mol. The molecular weight excluding hydrogens is 210 g/mol. The van der Waals surface area contributed by atoms with E-state index in [1.54, 1.807) is 0 Å². The van der Waals surface area contributed by atoms with Gasteiger partial charge >= 0.3 is 0 Å². The van der Waals surface area contributed by atoms with E-state index in [2.05, 4.69) is 0 Å². The van der Waals surface area contributed by atoms with Crippen LogP contribution in [0.3, 0.4) is 0 Å². The summed E-state index contributed by atoms with van der Waals surface area (Å²) in [4.78, 5) is 1.96. The van der Waals surface area contributed by atoms with Crippen molar-refractivity contribution < 1.29 is 8.78 Å². The topological polar surface area (TPSA) is 29.3 Å². The standard InChI is InChI=1S/C12H16F2N2/c1-8-6-10(15)4-5-16(8)12-3-2-9(13)7-11(12)14/h2-3,7-8,10H,4-6,15H2,1H3. The van der Waals surface area contributed by atoms with Gasteiger partial charge in [-0.05, 0) is 31.9 Å². The Balaban J connectivity index is 2.23. The number of nitrogens with zero attached hydrogens (tertiary/aromatic N) is 1. The first-order chi connectivity index (χ1) is 7.58. The summed E-state index contributed by atoms with van der Waals surface area (Å²) in [5.41, 5.74) is 6.32. The van der Waals surface area contributed by atoms with Crippen molar-refractivity contribution in [3.63, 3.8) is 0 Å². The van der Waals surface area contributed by atoms with Crippen LogP contribution >= 0.6 is 0 Å². The first kappa shape index (κ1) is 11.3. The zero-order valence-electron chi connectivity index (χ0n) is 9.29. The van der Waals surface area contributed by atoms with Gasteiger partial charge in [-0.25, -0.2) is 8.78 Å². The van der Waals surface area contributed by atoms with Gasteiger partial charge in [0.15, 0.2) is 0 Å². The van der Waals surface area contributed by atoms with Crippen LogP contribution in [0.15, 0.2) is 18.2 Å². The molecule has 2 rings (SSSR count). The number of hydrogen-bond donors (Lipinski definition) is 1. The maximum Gasteiger partial charge on any atom is 0.149 e. The summed E-state index contributed by atoms with van der Waals surface area (Å²) in [5, 5.41) is 0. The normalized spacial score (nSPS) is 25.9. The SMILES string of the molecule is CC1CC(N)CCN1c1ccc(F)cc1F. The van der Waals surface area contributed by atoms with E-state index in [9.17, 15) is 8.78 Å². The summed E-state index contributed by atoms with van der Waals surface area (Å²) >= 11 is 0. The number of halogens is 2. The molecule has 0 spiro atoms. The molecule has 1 heterocycles. The molecule has 0 aliphatic carbocycles. The van der Waals surface area contributed by atoms with Crippen molar-refractivity contribution in [2.75, 3.05) is 11.4 Å². The van der Waals surface area contributed by atoms with E-state index in [0.29, 0.717) is 5.69 Å². The number of anilines is 1. The fourth-order valence-electron chi connectivity index (χ4n) is 2.28. The summed E-state index contributed by atoms with van der Waals surface area (Å²) in [6.45, 7) is 2.74. The van der Waals surface area contributed by atoms with Gasteiger partial charge in [-0.1, -0.05) is 0 Å². The molecule has 1 saturated heterocycles. The quantitative estimate of drug-likeness (QED) is 0.796. The van der Waals surface area contributed by atoms with Crippen molar-refractivity contribution >= 4 is 5.69 Å². The van der Waals surface area contributed by atoms with Crippen molar-refractivity contribution in [1.29, 1.82) is 0 Å². The van der Waals surface area contributed by atoms with Gasteiger partial charge in [0.1, 0.15) is 11.6 Å². The van der Waals surface area contributed by atoms with Gasteiger partial charge in [0.25, 0.3) is 0 Å². The Hall–Kier alpha value is -1.16. The molecule has 1 aromatic carbocycles. The number of nitrogens with two attached hydrogens (primary N) is 1. The van der Waals surface area contributed by atoms with Crippen molar-refractivity contribution in [3.8, 4) is 0 Å². The van der Waals surface area contributed by atoms with E-state index in [0.717, 1.165) is 25.5 Å². The molecule has 1 aliphatic heterocycles. The molecule has 0 radical (unpaired) electrons. The molecule has 0 amide bonds. The van der Waals surface area contributed by atoms with Gasteiger partial charge in [0, 0.05) is 24.7 Å². The van der Waals surface area contributed by atoms with Crippen LogP contribution in [0.2, 0.25) is 0 Å².